The molecule has 0 atom stereocenters. The summed E-state index contributed by atoms with van der Waals surface area (Å²) >= 11 is 9.59. The summed E-state index contributed by atoms with van der Waals surface area (Å²) in [5.74, 6) is 0.781. The molecule has 0 saturated carbocycles. The number of aromatic amines is 1. The second kappa shape index (κ2) is 5.19. The fraction of sp³-hybridized carbons (Fsp3) is 0. The van der Waals surface area contributed by atoms with Crippen LogP contribution in [0.1, 0.15) is 0 Å². The maximum Gasteiger partial charge on any atom is 0.139 e. The first kappa shape index (κ1) is 12.5. The van der Waals surface area contributed by atoms with Gasteiger partial charge in [0.1, 0.15) is 5.82 Å². The Balaban J connectivity index is 2.00. The van der Waals surface area contributed by atoms with Crippen molar-refractivity contribution in [3.8, 4) is 22.6 Å². The molecule has 4 heteroatoms. The molecule has 2 nitrogen and oxygen atoms in total. The molecule has 0 spiro atoms. The van der Waals surface area contributed by atoms with Crippen molar-refractivity contribution >= 4 is 27.5 Å². The Morgan fingerprint density at radius 3 is 2.47 bits per heavy atom. The van der Waals surface area contributed by atoms with E-state index in [1.54, 1.807) is 0 Å². The monoisotopic (exact) mass is 332 g/mol. The Morgan fingerprint density at radius 1 is 1.00 bits per heavy atom. The lowest BCUT2D eigenvalue weighted by molar-refractivity contribution is 1.31. The van der Waals surface area contributed by atoms with Gasteiger partial charge in [0.25, 0.3) is 0 Å². The molecule has 0 unspecified atom stereocenters. The van der Waals surface area contributed by atoms with Gasteiger partial charge in [-0.05, 0) is 29.8 Å². The van der Waals surface area contributed by atoms with Crippen molar-refractivity contribution in [3.05, 3.63) is 64.2 Å². The zero-order chi connectivity index (χ0) is 13.2. The SMILES string of the molecule is Clc1ccccc1-c1ncc(-c2ccc(Br)cc2)[nH]1. The van der Waals surface area contributed by atoms with Crippen molar-refractivity contribution in [2.24, 2.45) is 0 Å². The topological polar surface area (TPSA) is 28.7 Å². The molecule has 0 saturated heterocycles. The van der Waals surface area contributed by atoms with Crippen molar-refractivity contribution in [2.75, 3.05) is 0 Å². The summed E-state index contributed by atoms with van der Waals surface area (Å²) in [7, 11) is 0. The summed E-state index contributed by atoms with van der Waals surface area (Å²) in [4.78, 5) is 7.69. The van der Waals surface area contributed by atoms with E-state index in [1.807, 2.05) is 54.7 Å². The fourth-order valence-electron chi connectivity index (χ4n) is 1.89. The van der Waals surface area contributed by atoms with E-state index in [2.05, 4.69) is 25.9 Å². The van der Waals surface area contributed by atoms with Crippen LogP contribution in [0.25, 0.3) is 22.6 Å². The molecule has 0 aliphatic heterocycles. The highest BCUT2D eigenvalue weighted by Gasteiger charge is 2.08. The molecule has 0 aliphatic rings. The number of hydrogen-bond acceptors (Lipinski definition) is 1. The zero-order valence-corrected chi connectivity index (χ0v) is 12.2. The number of nitrogens with zero attached hydrogens (tertiary/aromatic N) is 1. The predicted molar refractivity (Wildman–Crippen MR) is 82.2 cm³/mol. The van der Waals surface area contributed by atoms with Gasteiger partial charge in [-0.3, -0.25) is 0 Å². The fourth-order valence-corrected chi connectivity index (χ4v) is 2.38. The number of benzene rings is 2. The predicted octanol–water partition coefficient (Wildman–Crippen LogP) is 5.16. The van der Waals surface area contributed by atoms with Crippen LogP contribution in [0.5, 0.6) is 0 Å². The smallest absolute Gasteiger partial charge is 0.139 e. The summed E-state index contributed by atoms with van der Waals surface area (Å²) < 4.78 is 1.06. The minimum Gasteiger partial charge on any atom is -0.338 e. The Bertz CT molecular complexity index is 704. The average Bonchev–Trinajstić information content (AvgIpc) is 2.89. The molecule has 0 bridgehead atoms. The summed E-state index contributed by atoms with van der Waals surface area (Å²) in [5, 5.41) is 0.694. The molecule has 3 rings (SSSR count). The van der Waals surface area contributed by atoms with Crippen molar-refractivity contribution < 1.29 is 0 Å². The van der Waals surface area contributed by atoms with Gasteiger partial charge in [0.15, 0.2) is 0 Å². The van der Waals surface area contributed by atoms with Crippen molar-refractivity contribution in [2.45, 2.75) is 0 Å². The summed E-state index contributed by atoms with van der Waals surface area (Å²) in [6, 6.07) is 15.7. The molecule has 94 valence electrons. The van der Waals surface area contributed by atoms with Gasteiger partial charge in [0, 0.05) is 10.0 Å². The second-order valence-electron chi connectivity index (χ2n) is 4.13. The molecule has 1 aromatic heterocycles. The van der Waals surface area contributed by atoms with Crippen LogP contribution >= 0.6 is 27.5 Å². The van der Waals surface area contributed by atoms with Gasteiger partial charge in [0.05, 0.1) is 16.9 Å². The molecule has 0 amide bonds. The van der Waals surface area contributed by atoms with Gasteiger partial charge in [-0.2, -0.15) is 0 Å². The molecule has 2 aromatic carbocycles. The lowest BCUT2D eigenvalue weighted by atomic mass is 10.2. The van der Waals surface area contributed by atoms with Crippen LogP contribution < -0.4 is 0 Å². The van der Waals surface area contributed by atoms with E-state index in [-0.39, 0.29) is 0 Å². The summed E-state index contributed by atoms with van der Waals surface area (Å²) in [6.45, 7) is 0. The first-order chi connectivity index (χ1) is 9.24. The van der Waals surface area contributed by atoms with Crippen LogP contribution in [-0.4, -0.2) is 9.97 Å². The van der Waals surface area contributed by atoms with Gasteiger partial charge in [-0.1, -0.05) is 51.8 Å². The van der Waals surface area contributed by atoms with Gasteiger partial charge in [0.2, 0.25) is 0 Å². The first-order valence-electron chi connectivity index (χ1n) is 5.80. The number of hydrogen-bond donors (Lipinski definition) is 1. The van der Waals surface area contributed by atoms with Crippen LogP contribution in [-0.2, 0) is 0 Å². The van der Waals surface area contributed by atoms with E-state index in [9.17, 15) is 0 Å². The Hall–Kier alpha value is -1.58. The number of imidazole rings is 1. The van der Waals surface area contributed by atoms with E-state index < -0.39 is 0 Å². The van der Waals surface area contributed by atoms with E-state index >= 15 is 0 Å². The maximum atomic E-state index is 6.17. The maximum absolute atomic E-state index is 6.17. The van der Waals surface area contributed by atoms with E-state index in [0.29, 0.717) is 5.02 Å². The molecule has 19 heavy (non-hydrogen) atoms. The Labute approximate surface area is 124 Å². The van der Waals surface area contributed by atoms with E-state index in [1.165, 1.54) is 0 Å². The van der Waals surface area contributed by atoms with Crippen LogP contribution in [0, 0.1) is 0 Å². The first-order valence-corrected chi connectivity index (χ1v) is 6.97. The molecule has 3 aromatic rings. The molecule has 0 radical (unpaired) electrons. The average molecular weight is 334 g/mol. The second-order valence-corrected chi connectivity index (χ2v) is 5.46. The molecule has 0 aliphatic carbocycles. The number of H-pyrrole nitrogens is 1. The lowest BCUT2D eigenvalue weighted by Gasteiger charge is -2.00. The third-order valence-electron chi connectivity index (χ3n) is 2.86. The number of nitrogens with one attached hydrogen (secondary N) is 1. The van der Waals surface area contributed by atoms with Crippen molar-refractivity contribution in [1.29, 1.82) is 0 Å². The highest BCUT2D eigenvalue weighted by atomic mass is 79.9. The third kappa shape index (κ3) is 2.57. The van der Waals surface area contributed by atoms with Crippen molar-refractivity contribution in [3.63, 3.8) is 0 Å². The minimum absolute atomic E-state index is 0.694. The molecule has 0 fully saturated rings. The van der Waals surface area contributed by atoms with E-state index in [4.69, 9.17) is 11.6 Å². The largest absolute Gasteiger partial charge is 0.338 e. The van der Waals surface area contributed by atoms with Gasteiger partial charge < -0.3 is 4.98 Å². The van der Waals surface area contributed by atoms with Crippen LogP contribution in [0.4, 0.5) is 0 Å². The summed E-state index contributed by atoms with van der Waals surface area (Å²) in [5.41, 5.74) is 2.98. The number of rotatable bonds is 2. The number of aromatic nitrogens is 2. The van der Waals surface area contributed by atoms with Gasteiger partial charge in [-0.25, -0.2) is 4.98 Å². The third-order valence-corrected chi connectivity index (χ3v) is 3.72. The van der Waals surface area contributed by atoms with Crippen LogP contribution in [0.2, 0.25) is 5.02 Å². The zero-order valence-electron chi connectivity index (χ0n) is 9.90. The molecule has 1 heterocycles. The Kier molecular flexibility index (Phi) is 3.40. The highest BCUT2D eigenvalue weighted by molar-refractivity contribution is 9.10. The quantitative estimate of drug-likeness (QED) is 0.689. The lowest BCUT2D eigenvalue weighted by Crippen LogP contribution is -1.82. The van der Waals surface area contributed by atoms with Crippen LogP contribution in [0.15, 0.2) is 59.2 Å². The normalized spacial score (nSPS) is 10.6. The van der Waals surface area contributed by atoms with Crippen LogP contribution in [0.3, 0.4) is 0 Å². The highest BCUT2D eigenvalue weighted by Crippen LogP contribution is 2.27. The van der Waals surface area contributed by atoms with Crippen molar-refractivity contribution in [1.82, 2.24) is 9.97 Å². The molecular weight excluding hydrogens is 324 g/mol. The Morgan fingerprint density at radius 2 is 1.74 bits per heavy atom. The summed E-state index contributed by atoms with van der Waals surface area (Å²) in [6.07, 6.45) is 1.82. The van der Waals surface area contributed by atoms with Gasteiger partial charge in [-0.15, -0.1) is 0 Å². The molecular formula is C15H10BrClN2. The minimum atomic E-state index is 0.694. The number of halogens is 2. The van der Waals surface area contributed by atoms with E-state index in [0.717, 1.165) is 27.1 Å². The standard InChI is InChI=1S/C15H10BrClN2/c16-11-7-5-10(6-8-11)14-9-18-15(19-14)12-3-1-2-4-13(12)17/h1-9H,(H,18,19). The molecule has 1 N–H and O–H groups in total. The van der Waals surface area contributed by atoms with Gasteiger partial charge >= 0.3 is 0 Å².